The van der Waals surface area contributed by atoms with Gasteiger partial charge in [0, 0.05) is 11.8 Å². The van der Waals surface area contributed by atoms with Crippen molar-refractivity contribution in [1.82, 2.24) is 0 Å². The largest absolute Gasteiger partial charge is 0.450 e. The van der Waals surface area contributed by atoms with Gasteiger partial charge in [-0.2, -0.15) is 0 Å². The fourth-order valence-electron chi connectivity index (χ4n) is 6.08. The Hall–Kier alpha value is -0.860. The monoisotopic (exact) mass is 248 g/mol. The molecule has 98 valence electrons. The van der Waals surface area contributed by atoms with Crippen LogP contribution in [0.2, 0.25) is 0 Å². The third kappa shape index (κ3) is 0.837. The summed E-state index contributed by atoms with van der Waals surface area (Å²) in [4.78, 5) is 24.6. The predicted octanol–water partition coefficient (Wildman–Crippen LogP) is 2.33. The number of esters is 1. The summed E-state index contributed by atoms with van der Waals surface area (Å²) in [7, 11) is 0. The second-order valence-electron chi connectivity index (χ2n) is 7.63. The molecule has 0 aromatic carbocycles. The van der Waals surface area contributed by atoms with Crippen LogP contribution in [0.15, 0.2) is 0 Å². The second-order valence-corrected chi connectivity index (χ2v) is 7.63. The van der Waals surface area contributed by atoms with Gasteiger partial charge in [-0.05, 0) is 43.4 Å². The fraction of sp³-hybridized carbons (Fsp3) is 0.867. The van der Waals surface area contributed by atoms with Crippen molar-refractivity contribution >= 4 is 11.8 Å². The second kappa shape index (κ2) is 2.68. The molecule has 5 atom stereocenters. The van der Waals surface area contributed by atoms with E-state index in [1.807, 2.05) is 6.92 Å². The Balaban J connectivity index is 1.97. The van der Waals surface area contributed by atoms with Crippen LogP contribution in [-0.2, 0) is 14.3 Å². The van der Waals surface area contributed by atoms with Crippen LogP contribution in [-0.4, -0.2) is 17.4 Å². The van der Waals surface area contributed by atoms with Gasteiger partial charge < -0.3 is 4.74 Å². The highest BCUT2D eigenvalue weighted by Gasteiger charge is 2.80. The lowest BCUT2D eigenvalue weighted by atomic mass is 9.59. The molecule has 4 rings (SSSR count). The number of Topliss-reactive ketones (excluding diaryl/α,β-unsaturated/α-hetero) is 1. The van der Waals surface area contributed by atoms with E-state index >= 15 is 0 Å². The Bertz CT molecular complexity index is 480. The smallest absolute Gasteiger partial charge is 0.310 e. The lowest BCUT2D eigenvalue weighted by molar-refractivity contribution is -0.158. The summed E-state index contributed by atoms with van der Waals surface area (Å²) in [5.41, 5.74) is -0.741. The standard InChI is InChI=1S/C15H20O3/c1-13(2)7-15-9-5-4-8(13)10(15)6-11(16)14(15,3)18-12(9)17/h8-10H,4-7H2,1-3H3/t8?,9-,10+,14-,15?/m1/s1. The maximum Gasteiger partial charge on any atom is 0.310 e. The molecule has 4 fully saturated rings. The summed E-state index contributed by atoms with van der Waals surface area (Å²) in [6, 6.07) is 0. The van der Waals surface area contributed by atoms with Crippen LogP contribution in [0.1, 0.15) is 46.5 Å². The number of carbonyl (C=O) groups excluding carboxylic acids is 2. The number of hydrogen-bond acceptors (Lipinski definition) is 3. The van der Waals surface area contributed by atoms with Crippen LogP contribution < -0.4 is 0 Å². The van der Waals surface area contributed by atoms with Crippen LogP contribution in [0.4, 0.5) is 0 Å². The molecule has 1 aliphatic heterocycles. The molecule has 3 saturated carbocycles. The Morgan fingerprint density at radius 3 is 2.56 bits per heavy atom. The number of hydrogen-bond donors (Lipinski definition) is 0. The van der Waals surface area contributed by atoms with Crippen molar-refractivity contribution in [2.45, 2.75) is 52.1 Å². The quantitative estimate of drug-likeness (QED) is 0.618. The molecular formula is C15H20O3. The van der Waals surface area contributed by atoms with Gasteiger partial charge in [0.25, 0.3) is 0 Å². The predicted molar refractivity (Wildman–Crippen MR) is 64.7 cm³/mol. The van der Waals surface area contributed by atoms with Crippen molar-refractivity contribution in [3.63, 3.8) is 0 Å². The summed E-state index contributed by atoms with van der Waals surface area (Å²) in [6.07, 6.45) is 3.62. The summed E-state index contributed by atoms with van der Waals surface area (Å²) < 4.78 is 5.62. The number of rotatable bonds is 0. The molecule has 18 heavy (non-hydrogen) atoms. The van der Waals surface area contributed by atoms with Crippen molar-refractivity contribution in [3.05, 3.63) is 0 Å². The highest BCUT2D eigenvalue weighted by Crippen LogP contribution is 2.76. The molecule has 0 aromatic heterocycles. The van der Waals surface area contributed by atoms with Gasteiger partial charge in [-0.15, -0.1) is 0 Å². The average Bonchev–Trinajstić information content (AvgIpc) is 2.66. The molecule has 1 heterocycles. The molecule has 1 spiro atoms. The molecule has 1 saturated heterocycles. The first-order valence-corrected chi connectivity index (χ1v) is 7.09. The van der Waals surface area contributed by atoms with Gasteiger partial charge in [0.2, 0.25) is 0 Å². The van der Waals surface area contributed by atoms with Gasteiger partial charge in [-0.25, -0.2) is 0 Å². The summed E-state index contributed by atoms with van der Waals surface area (Å²) in [5.74, 6) is 1.03. The zero-order valence-corrected chi connectivity index (χ0v) is 11.3. The zero-order chi connectivity index (χ0) is 12.9. The Kier molecular flexibility index (Phi) is 1.64. The molecule has 4 aliphatic rings. The maximum atomic E-state index is 12.4. The summed E-state index contributed by atoms with van der Waals surface area (Å²) in [5, 5.41) is 0. The van der Waals surface area contributed by atoms with Crippen molar-refractivity contribution < 1.29 is 14.3 Å². The van der Waals surface area contributed by atoms with E-state index in [0.29, 0.717) is 18.3 Å². The highest BCUT2D eigenvalue weighted by molar-refractivity contribution is 5.97. The first-order chi connectivity index (χ1) is 8.33. The molecule has 3 nitrogen and oxygen atoms in total. The first kappa shape index (κ1) is 11.0. The SMILES string of the molecule is CC1(C)CC23[C@@H]4CCC1[C@@H]2CC(=O)[C@@]3(C)OC4=O. The van der Waals surface area contributed by atoms with Gasteiger partial charge >= 0.3 is 5.97 Å². The molecule has 0 amide bonds. The average molecular weight is 248 g/mol. The minimum absolute atomic E-state index is 0.0167. The van der Waals surface area contributed by atoms with Gasteiger partial charge in [-0.1, -0.05) is 13.8 Å². The van der Waals surface area contributed by atoms with Gasteiger partial charge in [-0.3, -0.25) is 9.59 Å². The fourth-order valence-corrected chi connectivity index (χ4v) is 6.08. The molecule has 2 bridgehead atoms. The Morgan fingerprint density at radius 2 is 1.83 bits per heavy atom. The van der Waals surface area contributed by atoms with Crippen molar-refractivity contribution in [2.75, 3.05) is 0 Å². The van der Waals surface area contributed by atoms with E-state index in [-0.39, 0.29) is 28.5 Å². The topological polar surface area (TPSA) is 43.4 Å². The van der Waals surface area contributed by atoms with E-state index in [9.17, 15) is 9.59 Å². The van der Waals surface area contributed by atoms with Gasteiger partial charge in [0.15, 0.2) is 11.4 Å². The molecule has 3 heteroatoms. The molecule has 0 aromatic rings. The summed E-state index contributed by atoms with van der Waals surface area (Å²) >= 11 is 0. The van der Waals surface area contributed by atoms with Gasteiger partial charge in [0.1, 0.15) is 0 Å². The molecule has 0 N–H and O–H groups in total. The van der Waals surface area contributed by atoms with E-state index in [0.717, 1.165) is 19.3 Å². The van der Waals surface area contributed by atoms with Crippen molar-refractivity contribution in [1.29, 1.82) is 0 Å². The summed E-state index contributed by atoms with van der Waals surface area (Å²) in [6.45, 7) is 6.50. The van der Waals surface area contributed by atoms with Crippen LogP contribution in [0.3, 0.4) is 0 Å². The lowest BCUT2D eigenvalue weighted by Gasteiger charge is -2.40. The third-order valence-corrected chi connectivity index (χ3v) is 6.70. The van der Waals surface area contributed by atoms with E-state index in [1.54, 1.807) is 0 Å². The van der Waals surface area contributed by atoms with Crippen LogP contribution >= 0.6 is 0 Å². The highest BCUT2D eigenvalue weighted by atomic mass is 16.6. The Morgan fingerprint density at radius 1 is 1.11 bits per heavy atom. The van der Waals surface area contributed by atoms with Crippen molar-refractivity contribution in [2.24, 2.45) is 28.6 Å². The molecule has 3 aliphatic carbocycles. The first-order valence-electron chi connectivity index (χ1n) is 7.09. The zero-order valence-electron chi connectivity index (χ0n) is 11.3. The maximum absolute atomic E-state index is 12.4. The van der Waals surface area contributed by atoms with Gasteiger partial charge in [0.05, 0.1) is 5.92 Å². The van der Waals surface area contributed by atoms with E-state index in [4.69, 9.17) is 4.74 Å². The Labute approximate surface area is 107 Å². The van der Waals surface area contributed by atoms with Crippen LogP contribution in [0, 0.1) is 28.6 Å². The van der Waals surface area contributed by atoms with Crippen LogP contribution in [0.5, 0.6) is 0 Å². The van der Waals surface area contributed by atoms with Crippen LogP contribution in [0.25, 0.3) is 0 Å². The third-order valence-electron chi connectivity index (χ3n) is 6.70. The minimum Gasteiger partial charge on any atom is -0.450 e. The number of carbonyl (C=O) groups is 2. The minimum atomic E-state index is -0.814. The molecule has 0 radical (unpaired) electrons. The van der Waals surface area contributed by atoms with Crippen molar-refractivity contribution in [3.8, 4) is 0 Å². The number of ether oxygens (including phenoxy) is 1. The molecular weight excluding hydrogens is 228 g/mol. The lowest BCUT2D eigenvalue weighted by Crippen LogP contribution is -2.47. The normalized spacial score (nSPS) is 55.6. The molecule has 2 unspecified atom stereocenters. The number of ketones is 1. The van der Waals surface area contributed by atoms with E-state index in [1.165, 1.54) is 0 Å². The van der Waals surface area contributed by atoms with E-state index < -0.39 is 5.60 Å². The van der Waals surface area contributed by atoms with E-state index in [2.05, 4.69) is 13.8 Å².